The lowest BCUT2D eigenvalue weighted by Gasteiger charge is -2.30. The highest BCUT2D eigenvalue weighted by atomic mass is 16.5. The van der Waals surface area contributed by atoms with Crippen molar-refractivity contribution in [2.45, 2.75) is 26.7 Å². The van der Waals surface area contributed by atoms with Gasteiger partial charge in [-0.1, -0.05) is 12.1 Å². The van der Waals surface area contributed by atoms with Crippen molar-refractivity contribution < 1.29 is 19.1 Å². The zero-order valence-corrected chi connectivity index (χ0v) is 20.0. The molecule has 0 radical (unpaired) electrons. The zero-order chi connectivity index (χ0) is 24.4. The van der Waals surface area contributed by atoms with Gasteiger partial charge in [0.15, 0.2) is 0 Å². The van der Waals surface area contributed by atoms with Gasteiger partial charge in [-0.25, -0.2) is 4.68 Å². The molecule has 1 aliphatic rings. The number of aromatic nitrogens is 2. The Morgan fingerprint density at radius 1 is 1.00 bits per heavy atom. The third-order valence-corrected chi connectivity index (χ3v) is 6.39. The van der Waals surface area contributed by atoms with Gasteiger partial charge in [0.2, 0.25) is 5.91 Å². The van der Waals surface area contributed by atoms with E-state index in [4.69, 9.17) is 20.3 Å². The molecule has 1 saturated heterocycles. The van der Waals surface area contributed by atoms with E-state index in [-0.39, 0.29) is 17.7 Å². The maximum atomic E-state index is 13.7. The molecule has 4 rings (SSSR count). The summed E-state index contributed by atoms with van der Waals surface area (Å²) in [6.07, 6.45) is 1.13. The Balaban J connectivity index is 1.79. The molecule has 0 saturated carbocycles. The lowest BCUT2D eigenvalue weighted by atomic mass is 9.96. The first kappa shape index (κ1) is 23.4. The number of primary amides is 1. The molecule has 2 amide bonds. The average molecular weight is 463 g/mol. The molecule has 2 N–H and O–H groups in total. The van der Waals surface area contributed by atoms with Gasteiger partial charge in [0, 0.05) is 30.6 Å². The van der Waals surface area contributed by atoms with Crippen molar-refractivity contribution in [2.75, 3.05) is 27.3 Å². The van der Waals surface area contributed by atoms with Crippen LogP contribution in [0.15, 0.2) is 42.5 Å². The Kier molecular flexibility index (Phi) is 6.58. The minimum Gasteiger partial charge on any atom is -0.497 e. The summed E-state index contributed by atoms with van der Waals surface area (Å²) in [5, 5.41) is 4.85. The quantitative estimate of drug-likeness (QED) is 0.604. The Morgan fingerprint density at radius 2 is 1.74 bits per heavy atom. The molecule has 2 heterocycles. The molecule has 0 unspecified atom stereocenters. The lowest BCUT2D eigenvalue weighted by Crippen LogP contribution is -2.42. The first-order valence-corrected chi connectivity index (χ1v) is 11.3. The molecule has 34 heavy (non-hydrogen) atoms. The van der Waals surface area contributed by atoms with Crippen LogP contribution in [0.2, 0.25) is 0 Å². The number of aryl methyl sites for hydroxylation is 2. The smallest absolute Gasteiger partial charge is 0.272 e. The van der Waals surface area contributed by atoms with E-state index in [0.717, 1.165) is 22.4 Å². The number of amides is 2. The first-order valence-electron chi connectivity index (χ1n) is 11.3. The van der Waals surface area contributed by atoms with Crippen molar-refractivity contribution in [3.05, 3.63) is 59.3 Å². The van der Waals surface area contributed by atoms with Gasteiger partial charge in [-0.15, -0.1) is 0 Å². The van der Waals surface area contributed by atoms with Crippen molar-refractivity contribution in [1.82, 2.24) is 14.7 Å². The molecule has 1 aliphatic heterocycles. The molecule has 2 aromatic carbocycles. The predicted octanol–water partition coefficient (Wildman–Crippen LogP) is 3.51. The van der Waals surface area contributed by atoms with E-state index in [1.54, 1.807) is 35.9 Å². The number of nitrogens with two attached hydrogens (primary N) is 1. The normalized spacial score (nSPS) is 14.2. The number of hydrogen-bond donors (Lipinski definition) is 1. The van der Waals surface area contributed by atoms with Crippen molar-refractivity contribution >= 4 is 11.8 Å². The summed E-state index contributed by atoms with van der Waals surface area (Å²) in [5.41, 5.74) is 10.2. The van der Waals surface area contributed by atoms with E-state index < -0.39 is 0 Å². The molecule has 0 atom stereocenters. The maximum absolute atomic E-state index is 13.7. The third-order valence-electron chi connectivity index (χ3n) is 6.39. The summed E-state index contributed by atoms with van der Waals surface area (Å²) in [7, 11) is 3.19. The van der Waals surface area contributed by atoms with E-state index in [0.29, 0.717) is 48.8 Å². The van der Waals surface area contributed by atoms with Crippen LogP contribution in [0.5, 0.6) is 11.5 Å². The highest BCUT2D eigenvalue weighted by Gasteiger charge is 2.29. The number of piperidine rings is 1. The molecule has 178 valence electrons. The first-order chi connectivity index (χ1) is 16.3. The van der Waals surface area contributed by atoms with E-state index in [2.05, 4.69) is 0 Å². The molecular formula is C26H30N4O4. The molecular weight excluding hydrogens is 432 g/mol. The van der Waals surface area contributed by atoms with Crippen LogP contribution >= 0.6 is 0 Å². The molecule has 8 heteroatoms. The van der Waals surface area contributed by atoms with Gasteiger partial charge in [-0.3, -0.25) is 9.59 Å². The summed E-state index contributed by atoms with van der Waals surface area (Å²) < 4.78 is 12.6. The zero-order valence-electron chi connectivity index (χ0n) is 20.0. The second kappa shape index (κ2) is 9.59. The Hall–Kier alpha value is -3.81. The number of carbonyl (C=O) groups excluding carboxylic acids is 2. The number of benzene rings is 2. The highest BCUT2D eigenvalue weighted by Crippen LogP contribution is 2.34. The van der Waals surface area contributed by atoms with Gasteiger partial charge in [-0.05, 0) is 62.1 Å². The fourth-order valence-electron chi connectivity index (χ4n) is 4.34. The molecule has 0 aliphatic carbocycles. The molecule has 0 spiro atoms. The minimum atomic E-state index is -0.304. The number of rotatable bonds is 6. The molecule has 1 aromatic heterocycles. The Morgan fingerprint density at radius 3 is 2.38 bits per heavy atom. The number of nitrogens with zero attached hydrogens (tertiary/aromatic N) is 3. The predicted molar refractivity (Wildman–Crippen MR) is 129 cm³/mol. The summed E-state index contributed by atoms with van der Waals surface area (Å²) in [6.45, 7) is 4.96. The molecule has 1 fully saturated rings. The summed E-state index contributed by atoms with van der Waals surface area (Å²) in [6, 6.07) is 13.4. The number of likely N-dealkylation sites (tertiary alicyclic amines) is 1. The van der Waals surface area contributed by atoms with E-state index in [1.165, 1.54) is 0 Å². The summed E-state index contributed by atoms with van der Waals surface area (Å²) in [4.78, 5) is 27.0. The number of ether oxygens (including phenoxy) is 2. The van der Waals surface area contributed by atoms with Gasteiger partial charge in [-0.2, -0.15) is 5.10 Å². The van der Waals surface area contributed by atoms with Crippen LogP contribution in [-0.4, -0.2) is 53.8 Å². The highest BCUT2D eigenvalue weighted by molar-refractivity contribution is 5.95. The van der Waals surface area contributed by atoms with Crippen LogP contribution in [0, 0.1) is 19.8 Å². The van der Waals surface area contributed by atoms with Gasteiger partial charge in [0.05, 0.1) is 25.6 Å². The van der Waals surface area contributed by atoms with Crippen LogP contribution in [0.3, 0.4) is 0 Å². The van der Waals surface area contributed by atoms with Crippen molar-refractivity contribution in [1.29, 1.82) is 0 Å². The Bertz CT molecular complexity index is 1230. The van der Waals surface area contributed by atoms with E-state index in [1.807, 2.05) is 44.2 Å². The standard InChI is InChI=1S/C26H30N4O4/c1-16-5-6-17(2)22(13-16)30-23(26(32)29-11-9-18(10-12-29)25(27)31)15-21(28-30)20-8-7-19(33-3)14-24(20)34-4/h5-8,13-15,18H,9-12H2,1-4H3,(H2,27,31). The molecule has 3 aromatic rings. The van der Waals surface area contributed by atoms with Crippen LogP contribution in [0.25, 0.3) is 16.9 Å². The topological polar surface area (TPSA) is 99.7 Å². The van der Waals surface area contributed by atoms with Crippen molar-refractivity contribution in [2.24, 2.45) is 11.7 Å². The largest absolute Gasteiger partial charge is 0.497 e. The monoisotopic (exact) mass is 462 g/mol. The lowest BCUT2D eigenvalue weighted by molar-refractivity contribution is -0.123. The van der Waals surface area contributed by atoms with E-state index >= 15 is 0 Å². The number of methoxy groups -OCH3 is 2. The number of carbonyl (C=O) groups is 2. The molecule has 0 bridgehead atoms. The minimum absolute atomic E-state index is 0.130. The van der Waals surface area contributed by atoms with Crippen molar-refractivity contribution in [3.63, 3.8) is 0 Å². The van der Waals surface area contributed by atoms with Gasteiger partial charge in [0.25, 0.3) is 5.91 Å². The van der Waals surface area contributed by atoms with Crippen LogP contribution in [-0.2, 0) is 4.79 Å². The van der Waals surface area contributed by atoms with Gasteiger partial charge < -0.3 is 20.1 Å². The van der Waals surface area contributed by atoms with Crippen LogP contribution in [0.4, 0.5) is 0 Å². The van der Waals surface area contributed by atoms with Crippen LogP contribution in [0.1, 0.15) is 34.5 Å². The summed E-state index contributed by atoms with van der Waals surface area (Å²) in [5.74, 6) is 0.651. The second-order valence-corrected chi connectivity index (χ2v) is 8.65. The average Bonchev–Trinajstić information content (AvgIpc) is 3.29. The van der Waals surface area contributed by atoms with Gasteiger partial charge >= 0.3 is 0 Å². The fourth-order valence-corrected chi connectivity index (χ4v) is 4.34. The van der Waals surface area contributed by atoms with Crippen molar-refractivity contribution in [3.8, 4) is 28.4 Å². The SMILES string of the molecule is COc1ccc(-c2cc(C(=O)N3CCC(C(N)=O)CC3)n(-c3cc(C)ccc3C)n2)c(OC)c1. The molecule has 8 nitrogen and oxygen atoms in total. The fraction of sp³-hybridized carbons (Fsp3) is 0.346. The number of hydrogen-bond acceptors (Lipinski definition) is 5. The Labute approximate surface area is 199 Å². The third kappa shape index (κ3) is 4.48. The van der Waals surface area contributed by atoms with Gasteiger partial charge in [0.1, 0.15) is 17.2 Å². The van der Waals surface area contributed by atoms with E-state index in [9.17, 15) is 9.59 Å². The summed E-state index contributed by atoms with van der Waals surface area (Å²) >= 11 is 0. The second-order valence-electron chi connectivity index (χ2n) is 8.65. The maximum Gasteiger partial charge on any atom is 0.272 e. The van der Waals surface area contributed by atoms with Crippen LogP contribution < -0.4 is 15.2 Å².